The molecule has 8 heteroatoms. The highest BCUT2D eigenvalue weighted by molar-refractivity contribution is 5.91. The molecule has 5 aromatic rings. The number of benzene rings is 2. The molecule has 0 atom stereocenters. The zero-order valence-corrected chi connectivity index (χ0v) is 20.5. The number of halogens is 1. The standard InChI is InChI=1S/C28H26N6O.ClH/c35-28-24-16-23(20-4-2-1-3-5-20)26(32-25(24)10-13-29-28)21-8-6-19(7-9-21)17-34-14-11-22(12-15-34)27-30-18-31-33-27;/h1-10,13,16,18,22H,11-12,14-15,17H2,(H,29,35)(H,30,31,33);1H. The van der Waals surface area contributed by atoms with Gasteiger partial charge in [0.2, 0.25) is 0 Å². The first-order valence-corrected chi connectivity index (χ1v) is 12.0. The van der Waals surface area contributed by atoms with Crippen LogP contribution in [-0.2, 0) is 6.54 Å². The van der Waals surface area contributed by atoms with E-state index in [-0.39, 0.29) is 18.0 Å². The molecule has 1 aliphatic rings. The summed E-state index contributed by atoms with van der Waals surface area (Å²) in [6.07, 6.45) is 5.43. The van der Waals surface area contributed by atoms with E-state index in [1.165, 1.54) is 5.56 Å². The molecule has 4 heterocycles. The molecule has 0 bridgehead atoms. The van der Waals surface area contributed by atoms with Gasteiger partial charge in [0.05, 0.1) is 16.6 Å². The first-order chi connectivity index (χ1) is 17.2. The number of piperidine rings is 1. The van der Waals surface area contributed by atoms with Crippen molar-refractivity contribution in [3.05, 3.63) is 101 Å². The third-order valence-electron chi connectivity index (χ3n) is 6.88. The Morgan fingerprint density at radius 1 is 0.944 bits per heavy atom. The second-order valence-electron chi connectivity index (χ2n) is 9.11. The number of aromatic nitrogens is 5. The van der Waals surface area contributed by atoms with E-state index in [4.69, 9.17) is 4.98 Å². The topological polar surface area (TPSA) is 90.6 Å². The molecule has 1 aliphatic heterocycles. The largest absolute Gasteiger partial charge is 0.328 e. The number of hydrogen-bond acceptors (Lipinski definition) is 5. The van der Waals surface area contributed by atoms with Crippen molar-refractivity contribution in [1.82, 2.24) is 30.0 Å². The van der Waals surface area contributed by atoms with E-state index in [0.717, 1.165) is 60.7 Å². The highest BCUT2D eigenvalue weighted by Crippen LogP contribution is 2.33. The highest BCUT2D eigenvalue weighted by atomic mass is 35.5. The molecular formula is C28H27ClN6O. The fraction of sp³-hybridized carbons (Fsp3) is 0.214. The third-order valence-corrected chi connectivity index (χ3v) is 6.88. The van der Waals surface area contributed by atoms with Crippen LogP contribution in [0, 0.1) is 0 Å². The minimum Gasteiger partial charge on any atom is -0.328 e. The first-order valence-electron chi connectivity index (χ1n) is 12.0. The Bertz CT molecular complexity index is 1490. The van der Waals surface area contributed by atoms with Gasteiger partial charge >= 0.3 is 0 Å². The highest BCUT2D eigenvalue weighted by Gasteiger charge is 2.22. The predicted molar refractivity (Wildman–Crippen MR) is 144 cm³/mol. The molecule has 1 saturated heterocycles. The van der Waals surface area contributed by atoms with Crippen molar-refractivity contribution in [1.29, 1.82) is 0 Å². The molecule has 3 aromatic heterocycles. The van der Waals surface area contributed by atoms with E-state index >= 15 is 0 Å². The van der Waals surface area contributed by atoms with E-state index in [9.17, 15) is 4.79 Å². The minimum absolute atomic E-state index is 0. The molecule has 7 nitrogen and oxygen atoms in total. The number of nitrogens with one attached hydrogen (secondary N) is 2. The number of hydrogen-bond donors (Lipinski definition) is 2. The van der Waals surface area contributed by atoms with Crippen molar-refractivity contribution < 1.29 is 0 Å². The molecule has 0 amide bonds. The second kappa shape index (κ2) is 10.4. The Balaban J connectivity index is 0.00000267. The lowest BCUT2D eigenvalue weighted by Crippen LogP contribution is -2.32. The van der Waals surface area contributed by atoms with Crippen LogP contribution in [0.1, 0.15) is 30.1 Å². The van der Waals surface area contributed by atoms with E-state index in [2.05, 4.69) is 61.5 Å². The summed E-state index contributed by atoms with van der Waals surface area (Å²) in [5.74, 6) is 1.48. The van der Waals surface area contributed by atoms with Gasteiger partial charge in [-0.1, -0.05) is 54.6 Å². The lowest BCUT2D eigenvalue weighted by Gasteiger charge is -2.30. The van der Waals surface area contributed by atoms with Crippen LogP contribution in [0.2, 0.25) is 0 Å². The van der Waals surface area contributed by atoms with Crippen molar-refractivity contribution in [2.45, 2.75) is 25.3 Å². The molecule has 0 spiro atoms. The summed E-state index contributed by atoms with van der Waals surface area (Å²) in [7, 11) is 0. The molecule has 6 rings (SSSR count). The SMILES string of the molecule is Cl.O=c1[nH]ccc2nc(-c3ccc(CN4CCC(c5ncn[nH]5)CC4)cc3)c(-c3ccccc3)cc12. The number of fused-ring (bicyclic) bond motifs is 1. The van der Waals surface area contributed by atoms with E-state index in [0.29, 0.717) is 16.8 Å². The maximum Gasteiger partial charge on any atom is 0.257 e. The van der Waals surface area contributed by atoms with Crippen molar-refractivity contribution in [3.8, 4) is 22.4 Å². The van der Waals surface area contributed by atoms with Crippen LogP contribution >= 0.6 is 12.4 Å². The number of pyridine rings is 2. The average molecular weight is 499 g/mol. The number of nitrogens with zero attached hydrogens (tertiary/aromatic N) is 4. The van der Waals surface area contributed by atoms with Gasteiger partial charge in [-0.15, -0.1) is 12.4 Å². The Labute approximate surface area is 215 Å². The van der Waals surface area contributed by atoms with Crippen LogP contribution in [-0.4, -0.2) is 43.1 Å². The van der Waals surface area contributed by atoms with E-state index < -0.39 is 0 Å². The zero-order valence-electron chi connectivity index (χ0n) is 19.7. The fourth-order valence-electron chi connectivity index (χ4n) is 4.97. The normalized spacial score (nSPS) is 14.6. The second-order valence-corrected chi connectivity index (χ2v) is 9.11. The molecule has 2 N–H and O–H groups in total. The summed E-state index contributed by atoms with van der Waals surface area (Å²) in [4.78, 5) is 26.9. The molecule has 2 aromatic carbocycles. The van der Waals surface area contributed by atoms with Crippen molar-refractivity contribution in [2.75, 3.05) is 13.1 Å². The minimum atomic E-state index is -0.124. The Morgan fingerprint density at radius 2 is 1.72 bits per heavy atom. The Morgan fingerprint density at radius 3 is 2.44 bits per heavy atom. The lowest BCUT2D eigenvalue weighted by molar-refractivity contribution is 0.202. The molecule has 0 saturated carbocycles. The molecule has 0 unspecified atom stereocenters. The van der Waals surface area contributed by atoms with Crippen LogP contribution in [0.5, 0.6) is 0 Å². The summed E-state index contributed by atoms with van der Waals surface area (Å²) >= 11 is 0. The quantitative estimate of drug-likeness (QED) is 0.348. The third kappa shape index (κ3) is 4.80. The lowest BCUT2D eigenvalue weighted by atomic mass is 9.95. The molecule has 0 radical (unpaired) electrons. The van der Waals surface area contributed by atoms with Gasteiger partial charge in [0.25, 0.3) is 5.56 Å². The van der Waals surface area contributed by atoms with Crippen molar-refractivity contribution >= 4 is 23.3 Å². The number of aromatic amines is 2. The summed E-state index contributed by atoms with van der Waals surface area (Å²) in [5.41, 5.74) is 5.78. The Hall–Kier alpha value is -3.81. The maximum absolute atomic E-state index is 12.4. The smallest absolute Gasteiger partial charge is 0.257 e. The fourth-order valence-corrected chi connectivity index (χ4v) is 4.97. The van der Waals surface area contributed by atoms with E-state index in [1.807, 2.05) is 30.3 Å². The molecule has 0 aliphatic carbocycles. The summed E-state index contributed by atoms with van der Waals surface area (Å²) in [6.45, 7) is 3.02. The zero-order chi connectivity index (χ0) is 23.6. The van der Waals surface area contributed by atoms with Gasteiger partial charge in [-0.2, -0.15) is 5.10 Å². The van der Waals surface area contributed by atoms with Crippen LogP contribution in [0.25, 0.3) is 33.3 Å². The van der Waals surface area contributed by atoms with Gasteiger partial charge in [0.15, 0.2) is 0 Å². The summed E-state index contributed by atoms with van der Waals surface area (Å²) < 4.78 is 0. The number of H-pyrrole nitrogens is 2. The van der Waals surface area contributed by atoms with Crippen molar-refractivity contribution in [2.24, 2.45) is 0 Å². The monoisotopic (exact) mass is 498 g/mol. The summed E-state index contributed by atoms with van der Waals surface area (Å²) in [5, 5.41) is 7.61. The summed E-state index contributed by atoms with van der Waals surface area (Å²) in [6, 6.07) is 22.6. The molecular weight excluding hydrogens is 472 g/mol. The van der Waals surface area contributed by atoms with Gasteiger partial charge in [-0.3, -0.25) is 14.8 Å². The Kier molecular flexibility index (Phi) is 6.93. The van der Waals surface area contributed by atoms with Crippen LogP contribution in [0.15, 0.2) is 84.0 Å². The molecule has 182 valence electrons. The molecule has 36 heavy (non-hydrogen) atoms. The average Bonchev–Trinajstić information content (AvgIpc) is 3.45. The predicted octanol–water partition coefficient (Wildman–Crippen LogP) is 5.18. The van der Waals surface area contributed by atoms with E-state index in [1.54, 1.807) is 12.5 Å². The van der Waals surface area contributed by atoms with Crippen LogP contribution in [0.4, 0.5) is 0 Å². The number of rotatable bonds is 5. The van der Waals surface area contributed by atoms with Crippen molar-refractivity contribution in [3.63, 3.8) is 0 Å². The van der Waals surface area contributed by atoms with Gasteiger partial charge in [-0.05, 0) is 49.2 Å². The van der Waals surface area contributed by atoms with Gasteiger partial charge in [0.1, 0.15) is 12.2 Å². The van der Waals surface area contributed by atoms with Gasteiger partial charge < -0.3 is 4.98 Å². The maximum atomic E-state index is 12.4. The number of likely N-dealkylation sites (tertiary alicyclic amines) is 1. The van der Waals surface area contributed by atoms with Gasteiger partial charge in [0, 0.05) is 29.8 Å². The molecule has 1 fully saturated rings. The van der Waals surface area contributed by atoms with Crippen LogP contribution in [0.3, 0.4) is 0 Å². The van der Waals surface area contributed by atoms with Gasteiger partial charge in [-0.25, -0.2) is 9.97 Å². The van der Waals surface area contributed by atoms with Crippen LogP contribution < -0.4 is 5.56 Å². The first kappa shape index (κ1) is 23.9.